The standard InChI is InChI=1S/C12H12BrFN2O/c1-7-4-8(6-9(14)5-7)11(16-15)10-2-3-17-12(10)13/h2-6,11,16H,15H2,1H3. The van der Waals surface area contributed by atoms with Gasteiger partial charge in [-0.05, 0) is 52.2 Å². The Kier molecular flexibility index (Phi) is 3.61. The minimum atomic E-state index is -0.308. The summed E-state index contributed by atoms with van der Waals surface area (Å²) in [6, 6.07) is 6.29. The molecule has 5 heteroatoms. The van der Waals surface area contributed by atoms with Gasteiger partial charge in [-0.2, -0.15) is 0 Å². The number of nitrogens with two attached hydrogens (primary N) is 1. The monoisotopic (exact) mass is 298 g/mol. The van der Waals surface area contributed by atoms with Crippen LogP contribution in [0.15, 0.2) is 39.6 Å². The third kappa shape index (κ3) is 2.57. The lowest BCUT2D eigenvalue weighted by Gasteiger charge is -2.16. The van der Waals surface area contributed by atoms with Gasteiger partial charge in [-0.15, -0.1) is 0 Å². The molecule has 3 N–H and O–H groups in total. The van der Waals surface area contributed by atoms with Gasteiger partial charge in [-0.1, -0.05) is 6.07 Å². The third-order valence-electron chi connectivity index (χ3n) is 2.52. The zero-order valence-electron chi connectivity index (χ0n) is 9.21. The van der Waals surface area contributed by atoms with E-state index in [0.717, 1.165) is 16.7 Å². The summed E-state index contributed by atoms with van der Waals surface area (Å²) in [6.45, 7) is 1.84. The minimum Gasteiger partial charge on any atom is -0.457 e. The van der Waals surface area contributed by atoms with E-state index < -0.39 is 0 Å². The molecule has 17 heavy (non-hydrogen) atoms. The first-order valence-electron chi connectivity index (χ1n) is 5.08. The molecular weight excluding hydrogens is 287 g/mol. The van der Waals surface area contributed by atoms with E-state index in [9.17, 15) is 4.39 Å². The summed E-state index contributed by atoms with van der Waals surface area (Å²) in [4.78, 5) is 0. The van der Waals surface area contributed by atoms with Crippen molar-refractivity contribution in [3.8, 4) is 0 Å². The predicted octanol–water partition coefficient (Wildman–Crippen LogP) is 3.04. The lowest BCUT2D eigenvalue weighted by Crippen LogP contribution is -2.28. The molecular formula is C12H12BrFN2O. The van der Waals surface area contributed by atoms with Gasteiger partial charge in [0.1, 0.15) is 5.82 Å². The number of furan rings is 1. The average Bonchev–Trinajstić information content (AvgIpc) is 2.65. The summed E-state index contributed by atoms with van der Waals surface area (Å²) < 4.78 is 19.1. The summed E-state index contributed by atoms with van der Waals surface area (Å²) in [5.74, 6) is 5.25. The van der Waals surface area contributed by atoms with Gasteiger partial charge in [0.2, 0.25) is 0 Å². The van der Waals surface area contributed by atoms with Crippen LogP contribution in [0.2, 0.25) is 0 Å². The molecule has 3 nitrogen and oxygen atoms in total. The van der Waals surface area contributed by atoms with Gasteiger partial charge in [-0.3, -0.25) is 5.84 Å². The maximum absolute atomic E-state index is 13.4. The maximum Gasteiger partial charge on any atom is 0.174 e. The normalized spacial score (nSPS) is 12.7. The number of hydrazine groups is 1. The second kappa shape index (κ2) is 5.00. The molecule has 0 bridgehead atoms. The zero-order valence-corrected chi connectivity index (χ0v) is 10.8. The quantitative estimate of drug-likeness (QED) is 0.676. The maximum atomic E-state index is 13.4. The first kappa shape index (κ1) is 12.3. The van der Waals surface area contributed by atoms with Crippen molar-refractivity contribution in [3.05, 3.63) is 57.7 Å². The average molecular weight is 299 g/mol. The van der Waals surface area contributed by atoms with E-state index in [1.165, 1.54) is 12.1 Å². The molecule has 90 valence electrons. The summed E-state index contributed by atoms with van der Waals surface area (Å²) in [7, 11) is 0. The van der Waals surface area contributed by atoms with Crippen LogP contribution < -0.4 is 11.3 Å². The summed E-state index contributed by atoms with van der Waals surface area (Å²) >= 11 is 3.29. The van der Waals surface area contributed by atoms with Gasteiger partial charge in [0.05, 0.1) is 12.3 Å². The van der Waals surface area contributed by atoms with E-state index in [0.29, 0.717) is 4.67 Å². The molecule has 0 aliphatic rings. The van der Waals surface area contributed by atoms with Crippen molar-refractivity contribution in [3.63, 3.8) is 0 Å². The van der Waals surface area contributed by atoms with E-state index in [-0.39, 0.29) is 11.9 Å². The molecule has 0 spiro atoms. The first-order valence-corrected chi connectivity index (χ1v) is 5.87. The molecule has 1 aromatic carbocycles. The number of hydrogen-bond donors (Lipinski definition) is 2. The molecule has 0 radical (unpaired) electrons. The Balaban J connectivity index is 2.45. The molecule has 0 amide bonds. The number of aryl methyl sites for hydroxylation is 1. The van der Waals surface area contributed by atoms with E-state index in [1.807, 2.05) is 13.0 Å². The number of halogens is 2. The summed E-state index contributed by atoms with van der Waals surface area (Å²) in [5, 5.41) is 0. The highest BCUT2D eigenvalue weighted by atomic mass is 79.9. The van der Waals surface area contributed by atoms with Crippen molar-refractivity contribution < 1.29 is 8.81 Å². The third-order valence-corrected chi connectivity index (χ3v) is 3.17. The first-order chi connectivity index (χ1) is 8.11. The van der Waals surface area contributed by atoms with E-state index in [4.69, 9.17) is 10.3 Å². The highest BCUT2D eigenvalue weighted by Gasteiger charge is 2.18. The second-order valence-corrected chi connectivity index (χ2v) is 4.53. The Morgan fingerprint density at radius 3 is 2.71 bits per heavy atom. The van der Waals surface area contributed by atoms with Crippen LogP contribution in [0.5, 0.6) is 0 Å². The van der Waals surface area contributed by atoms with Crippen LogP contribution in [-0.2, 0) is 0 Å². The second-order valence-electron chi connectivity index (χ2n) is 3.81. The number of nitrogens with one attached hydrogen (secondary N) is 1. The highest BCUT2D eigenvalue weighted by molar-refractivity contribution is 9.10. The largest absolute Gasteiger partial charge is 0.457 e. The van der Waals surface area contributed by atoms with Crippen molar-refractivity contribution >= 4 is 15.9 Å². The SMILES string of the molecule is Cc1cc(F)cc(C(NN)c2ccoc2Br)c1. The van der Waals surface area contributed by atoms with Crippen LogP contribution >= 0.6 is 15.9 Å². The molecule has 0 aliphatic heterocycles. The van der Waals surface area contributed by atoms with Crippen LogP contribution in [0.4, 0.5) is 4.39 Å². The highest BCUT2D eigenvalue weighted by Crippen LogP contribution is 2.29. The lowest BCUT2D eigenvalue weighted by molar-refractivity contribution is 0.526. The Morgan fingerprint density at radius 2 is 2.18 bits per heavy atom. The van der Waals surface area contributed by atoms with Gasteiger partial charge in [0.15, 0.2) is 4.67 Å². The lowest BCUT2D eigenvalue weighted by atomic mass is 10.00. The molecule has 1 atom stereocenters. The van der Waals surface area contributed by atoms with Gasteiger partial charge in [0, 0.05) is 5.56 Å². The van der Waals surface area contributed by atoms with Crippen LogP contribution in [0.3, 0.4) is 0 Å². The number of benzene rings is 1. The molecule has 0 fully saturated rings. The van der Waals surface area contributed by atoms with E-state index >= 15 is 0 Å². The fourth-order valence-corrected chi connectivity index (χ4v) is 2.28. The Hall–Kier alpha value is -1.17. The minimum absolute atomic E-state index is 0.278. The van der Waals surface area contributed by atoms with Gasteiger partial charge in [0.25, 0.3) is 0 Å². The molecule has 0 saturated carbocycles. The Morgan fingerprint density at radius 1 is 1.41 bits per heavy atom. The predicted molar refractivity (Wildman–Crippen MR) is 66.7 cm³/mol. The smallest absolute Gasteiger partial charge is 0.174 e. The van der Waals surface area contributed by atoms with E-state index in [1.54, 1.807) is 12.3 Å². The van der Waals surface area contributed by atoms with Crippen LogP contribution in [0.1, 0.15) is 22.7 Å². The molecule has 0 aliphatic carbocycles. The van der Waals surface area contributed by atoms with Crippen LogP contribution in [0.25, 0.3) is 0 Å². The number of rotatable bonds is 3. The van der Waals surface area contributed by atoms with Crippen molar-refractivity contribution in [1.29, 1.82) is 0 Å². The van der Waals surface area contributed by atoms with Crippen LogP contribution in [-0.4, -0.2) is 0 Å². The Labute approximate surface area is 107 Å². The Bertz CT molecular complexity index is 507. The van der Waals surface area contributed by atoms with Crippen molar-refractivity contribution in [2.45, 2.75) is 13.0 Å². The topological polar surface area (TPSA) is 51.2 Å². The molecule has 2 rings (SSSR count). The fourth-order valence-electron chi connectivity index (χ4n) is 1.81. The van der Waals surface area contributed by atoms with Gasteiger partial charge in [-0.25, -0.2) is 9.82 Å². The number of hydrogen-bond acceptors (Lipinski definition) is 3. The summed E-state index contributed by atoms with van der Waals surface area (Å²) in [6.07, 6.45) is 1.55. The zero-order chi connectivity index (χ0) is 12.4. The molecule has 2 aromatic rings. The summed E-state index contributed by atoms with van der Waals surface area (Å²) in [5.41, 5.74) is 5.09. The van der Waals surface area contributed by atoms with Gasteiger partial charge >= 0.3 is 0 Å². The van der Waals surface area contributed by atoms with Crippen LogP contribution in [0, 0.1) is 12.7 Å². The molecule has 1 aromatic heterocycles. The van der Waals surface area contributed by atoms with E-state index in [2.05, 4.69) is 21.4 Å². The van der Waals surface area contributed by atoms with Crippen molar-refractivity contribution in [2.75, 3.05) is 0 Å². The molecule has 1 heterocycles. The molecule has 1 unspecified atom stereocenters. The van der Waals surface area contributed by atoms with Crippen molar-refractivity contribution in [2.24, 2.45) is 5.84 Å². The van der Waals surface area contributed by atoms with Crippen molar-refractivity contribution in [1.82, 2.24) is 5.43 Å². The molecule has 0 saturated heterocycles. The van der Waals surface area contributed by atoms with Gasteiger partial charge < -0.3 is 4.42 Å². The fraction of sp³-hybridized carbons (Fsp3) is 0.167.